The van der Waals surface area contributed by atoms with Crippen molar-refractivity contribution in [2.75, 3.05) is 6.54 Å². The van der Waals surface area contributed by atoms with Crippen LogP contribution < -0.4 is 5.32 Å². The van der Waals surface area contributed by atoms with Gasteiger partial charge in [-0.1, -0.05) is 5.16 Å². The lowest BCUT2D eigenvalue weighted by molar-refractivity contribution is -0.139. The fourth-order valence-corrected chi connectivity index (χ4v) is 2.73. The van der Waals surface area contributed by atoms with Crippen molar-refractivity contribution in [2.45, 2.75) is 45.2 Å². The van der Waals surface area contributed by atoms with Crippen molar-refractivity contribution >= 4 is 11.8 Å². The van der Waals surface area contributed by atoms with Gasteiger partial charge in [0.2, 0.25) is 17.7 Å². The molecule has 0 bridgehead atoms. The summed E-state index contributed by atoms with van der Waals surface area (Å²) in [6.07, 6.45) is 2.27. The van der Waals surface area contributed by atoms with Crippen LogP contribution in [0.4, 0.5) is 0 Å². The standard InChI is InChI=1S/C13H18N4O3/c1-8-14-11(20-16-8)7-17-6-5-10(18)15-13(2,12(17)19)9-3-4-9/h9H,3-7H2,1-2H3,(H,15,18). The van der Waals surface area contributed by atoms with Crippen molar-refractivity contribution < 1.29 is 14.1 Å². The van der Waals surface area contributed by atoms with E-state index in [-0.39, 0.29) is 24.3 Å². The Morgan fingerprint density at radius 3 is 2.80 bits per heavy atom. The van der Waals surface area contributed by atoms with Crippen LogP contribution in [-0.4, -0.2) is 38.9 Å². The van der Waals surface area contributed by atoms with E-state index in [2.05, 4.69) is 15.5 Å². The molecule has 1 aromatic heterocycles. The third-order valence-corrected chi connectivity index (χ3v) is 4.03. The topological polar surface area (TPSA) is 88.3 Å². The number of hydrogen-bond acceptors (Lipinski definition) is 5. The SMILES string of the molecule is Cc1noc(CN2CCC(=O)NC(C)(C3CC3)C2=O)n1. The van der Waals surface area contributed by atoms with Crippen LogP contribution in [0.2, 0.25) is 0 Å². The van der Waals surface area contributed by atoms with E-state index in [1.54, 1.807) is 11.8 Å². The molecule has 108 valence electrons. The molecule has 7 heteroatoms. The molecule has 1 saturated heterocycles. The van der Waals surface area contributed by atoms with Gasteiger partial charge in [-0.3, -0.25) is 9.59 Å². The Hall–Kier alpha value is -1.92. The lowest BCUT2D eigenvalue weighted by Gasteiger charge is -2.31. The molecule has 0 radical (unpaired) electrons. The molecular formula is C13H18N4O3. The van der Waals surface area contributed by atoms with Crippen LogP contribution in [0, 0.1) is 12.8 Å². The maximum Gasteiger partial charge on any atom is 0.248 e. The molecular weight excluding hydrogens is 260 g/mol. The molecule has 1 aromatic rings. The summed E-state index contributed by atoms with van der Waals surface area (Å²) in [6, 6.07) is 0. The number of nitrogens with one attached hydrogen (secondary N) is 1. The van der Waals surface area contributed by atoms with E-state index in [1.165, 1.54) is 0 Å². The molecule has 1 saturated carbocycles. The van der Waals surface area contributed by atoms with E-state index in [0.29, 0.717) is 24.7 Å². The molecule has 2 aliphatic rings. The second-order valence-electron chi connectivity index (χ2n) is 5.74. The van der Waals surface area contributed by atoms with Crippen LogP contribution in [0.25, 0.3) is 0 Å². The summed E-state index contributed by atoms with van der Waals surface area (Å²) in [5, 5.41) is 6.61. The Balaban J connectivity index is 1.82. The molecule has 1 aliphatic heterocycles. The third-order valence-electron chi connectivity index (χ3n) is 4.03. The van der Waals surface area contributed by atoms with Crippen LogP contribution in [0.1, 0.15) is 37.9 Å². The molecule has 1 aliphatic carbocycles. The van der Waals surface area contributed by atoms with Gasteiger partial charge >= 0.3 is 0 Å². The number of carbonyl (C=O) groups excluding carboxylic acids is 2. The minimum absolute atomic E-state index is 0.0540. The highest BCUT2D eigenvalue weighted by molar-refractivity contribution is 5.93. The van der Waals surface area contributed by atoms with Gasteiger partial charge in [-0.25, -0.2) is 0 Å². The zero-order chi connectivity index (χ0) is 14.3. The first-order valence-electron chi connectivity index (χ1n) is 6.88. The summed E-state index contributed by atoms with van der Waals surface area (Å²) in [7, 11) is 0. The van der Waals surface area contributed by atoms with Crippen LogP contribution in [-0.2, 0) is 16.1 Å². The highest BCUT2D eigenvalue weighted by Gasteiger charge is 2.51. The number of aromatic nitrogens is 2. The zero-order valence-electron chi connectivity index (χ0n) is 11.7. The van der Waals surface area contributed by atoms with Gasteiger partial charge in [0.25, 0.3) is 0 Å². The quantitative estimate of drug-likeness (QED) is 0.864. The van der Waals surface area contributed by atoms with Crippen molar-refractivity contribution in [1.82, 2.24) is 20.4 Å². The van der Waals surface area contributed by atoms with Gasteiger partial charge in [0.1, 0.15) is 12.1 Å². The maximum absolute atomic E-state index is 12.7. The van der Waals surface area contributed by atoms with E-state index >= 15 is 0 Å². The molecule has 0 aromatic carbocycles. The number of hydrogen-bond donors (Lipinski definition) is 1. The van der Waals surface area contributed by atoms with Crippen LogP contribution in [0.15, 0.2) is 4.52 Å². The second-order valence-corrected chi connectivity index (χ2v) is 5.74. The summed E-state index contributed by atoms with van der Waals surface area (Å²) in [6.45, 7) is 4.20. The van der Waals surface area contributed by atoms with Crippen LogP contribution in [0.5, 0.6) is 0 Å². The largest absolute Gasteiger partial charge is 0.342 e. The van der Waals surface area contributed by atoms with Gasteiger partial charge < -0.3 is 14.7 Å². The van der Waals surface area contributed by atoms with Gasteiger partial charge in [0.15, 0.2) is 5.82 Å². The minimum atomic E-state index is -0.789. The molecule has 1 N–H and O–H groups in total. The normalized spacial score (nSPS) is 27.4. The monoisotopic (exact) mass is 278 g/mol. The summed E-state index contributed by atoms with van der Waals surface area (Å²) in [5.74, 6) is 1.06. The number of amides is 2. The van der Waals surface area contributed by atoms with Gasteiger partial charge in [-0.2, -0.15) is 4.98 Å². The highest BCUT2D eigenvalue weighted by atomic mass is 16.5. The fraction of sp³-hybridized carbons (Fsp3) is 0.692. The number of rotatable bonds is 3. The number of carbonyl (C=O) groups is 2. The van der Waals surface area contributed by atoms with E-state index in [4.69, 9.17) is 4.52 Å². The fourth-order valence-electron chi connectivity index (χ4n) is 2.73. The molecule has 1 unspecified atom stereocenters. The highest BCUT2D eigenvalue weighted by Crippen LogP contribution is 2.41. The summed E-state index contributed by atoms with van der Waals surface area (Å²) in [5.41, 5.74) is -0.789. The van der Waals surface area contributed by atoms with Crippen molar-refractivity contribution in [3.63, 3.8) is 0 Å². The van der Waals surface area contributed by atoms with E-state index < -0.39 is 5.54 Å². The Kier molecular flexibility index (Phi) is 2.99. The molecule has 0 spiro atoms. The second kappa shape index (κ2) is 4.57. The summed E-state index contributed by atoms with van der Waals surface area (Å²) in [4.78, 5) is 30.3. The van der Waals surface area contributed by atoms with E-state index in [1.807, 2.05) is 6.92 Å². The van der Waals surface area contributed by atoms with Crippen molar-refractivity contribution in [1.29, 1.82) is 0 Å². The molecule has 2 heterocycles. The van der Waals surface area contributed by atoms with Gasteiger partial charge in [-0.05, 0) is 32.6 Å². The third kappa shape index (κ3) is 2.28. The van der Waals surface area contributed by atoms with E-state index in [9.17, 15) is 9.59 Å². The van der Waals surface area contributed by atoms with Crippen molar-refractivity contribution in [2.24, 2.45) is 5.92 Å². The minimum Gasteiger partial charge on any atom is -0.342 e. The zero-order valence-corrected chi connectivity index (χ0v) is 11.7. The average molecular weight is 278 g/mol. The Labute approximate surface area is 116 Å². The number of aryl methyl sites for hydroxylation is 1. The Morgan fingerprint density at radius 1 is 1.45 bits per heavy atom. The molecule has 1 atom stereocenters. The van der Waals surface area contributed by atoms with Crippen molar-refractivity contribution in [3.8, 4) is 0 Å². The predicted molar refractivity (Wildman–Crippen MR) is 68.3 cm³/mol. The van der Waals surface area contributed by atoms with Gasteiger partial charge in [0.05, 0.1) is 0 Å². The number of nitrogens with zero attached hydrogens (tertiary/aromatic N) is 3. The Bertz CT molecular complexity index is 552. The van der Waals surface area contributed by atoms with Crippen LogP contribution >= 0.6 is 0 Å². The summed E-state index contributed by atoms with van der Waals surface area (Å²) >= 11 is 0. The first-order valence-corrected chi connectivity index (χ1v) is 6.88. The molecule has 7 nitrogen and oxygen atoms in total. The molecule has 3 rings (SSSR count). The first kappa shape index (κ1) is 13.1. The molecule has 20 heavy (non-hydrogen) atoms. The lowest BCUT2D eigenvalue weighted by atomic mass is 9.94. The Morgan fingerprint density at radius 2 is 2.20 bits per heavy atom. The maximum atomic E-state index is 12.7. The molecule has 2 amide bonds. The predicted octanol–water partition coefficient (Wildman–Crippen LogP) is 0.395. The van der Waals surface area contributed by atoms with Crippen LogP contribution in [0.3, 0.4) is 0 Å². The summed E-state index contributed by atoms with van der Waals surface area (Å²) < 4.78 is 5.07. The van der Waals surface area contributed by atoms with Gasteiger partial charge in [-0.15, -0.1) is 0 Å². The van der Waals surface area contributed by atoms with Crippen molar-refractivity contribution in [3.05, 3.63) is 11.7 Å². The van der Waals surface area contributed by atoms with E-state index in [0.717, 1.165) is 12.8 Å². The molecule has 2 fully saturated rings. The first-order chi connectivity index (χ1) is 9.49. The lowest BCUT2D eigenvalue weighted by Crippen LogP contribution is -2.56. The smallest absolute Gasteiger partial charge is 0.248 e. The van der Waals surface area contributed by atoms with Gasteiger partial charge in [0, 0.05) is 13.0 Å². The average Bonchev–Trinajstić information content (AvgIpc) is 3.18.